The van der Waals surface area contributed by atoms with Crippen molar-refractivity contribution < 1.29 is 13.5 Å². The molecule has 106 valence electrons. The molecule has 0 heterocycles. The van der Waals surface area contributed by atoms with Crippen molar-refractivity contribution in [1.29, 1.82) is 0 Å². The molecule has 1 aliphatic rings. The lowest BCUT2D eigenvalue weighted by Crippen LogP contribution is -2.32. The third kappa shape index (κ3) is 3.92. The van der Waals surface area contributed by atoms with E-state index in [1.54, 1.807) is 12.1 Å². The molecule has 1 aromatic carbocycles. The highest BCUT2D eigenvalue weighted by Crippen LogP contribution is 2.24. The standard InChI is InChI=1S/C13H20N2O3S/c14-11-2-1-3-13(8-11)19(17,18)15-9-10-4-6-12(16)7-5-10/h1-3,8,10,12,15-16H,4-7,9,14H2. The fraction of sp³-hybridized carbons (Fsp3) is 0.538. The van der Waals surface area contributed by atoms with Crippen LogP contribution in [0.4, 0.5) is 5.69 Å². The topological polar surface area (TPSA) is 92.4 Å². The van der Waals surface area contributed by atoms with Crippen LogP contribution in [-0.4, -0.2) is 26.2 Å². The van der Waals surface area contributed by atoms with Gasteiger partial charge >= 0.3 is 0 Å². The Morgan fingerprint density at radius 3 is 2.58 bits per heavy atom. The molecule has 0 aliphatic heterocycles. The van der Waals surface area contributed by atoms with Crippen molar-refractivity contribution in [2.75, 3.05) is 12.3 Å². The van der Waals surface area contributed by atoms with Gasteiger partial charge in [-0.05, 0) is 49.8 Å². The molecular weight excluding hydrogens is 264 g/mol. The number of benzene rings is 1. The van der Waals surface area contributed by atoms with E-state index in [9.17, 15) is 13.5 Å². The fourth-order valence-corrected chi connectivity index (χ4v) is 3.51. The van der Waals surface area contributed by atoms with E-state index >= 15 is 0 Å². The Labute approximate surface area is 113 Å². The molecule has 2 rings (SSSR count). The molecule has 0 unspecified atom stereocenters. The first-order valence-electron chi connectivity index (χ1n) is 6.50. The monoisotopic (exact) mass is 284 g/mol. The second kappa shape index (κ2) is 5.90. The minimum absolute atomic E-state index is 0.198. The first-order chi connectivity index (χ1) is 8.97. The van der Waals surface area contributed by atoms with E-state index in [4.69, 9.17) is 5.73 Å². The van der Waals surface area contributed by atoms with Crippen LogP contribution in [0, 0.1) is 5.92 Å². The minimum atomic E-state index is -3.49. The Bertz CT molecular complexity index is 522. The Hall–Kier alpha value is -1.11. The highest BCUT2D eigenvalue weighted by Gasteiger charge is 2.22. The van der Waals surface area contributed by atoms with Crippen molar-refractivity contribution >= 4 is 15.7 Å². The third-order valence-corrected chi connectivity index (χ3v) is 4.97. The zero-order valence-electron chi connectivity index (χ0n) is 10.7. The summed E-state index contributed by atoms with van der Waals surface area (Å²) in [6.45, 7) is 0.420. The van der Waals surface area contributed by atoms with Gasteiger partial charge in [0.05, 0.1) is 11.0 Å². The summed E-state index contributed by atoms with van der Waals surface area (Å²) in [6.07, 6.45) is 3.01. The molecule has 1 aliphatic carbocycles. The van der Waals surface area contributed by atoms with Crippen LogP contribution < -0.4 is 10.5 Å². The average Bonchev–Trinajstić information content (AvgIpc) is 2.38. The lowest BCUT2D eigenvalue weighted by Gasteiger charge is -2.25. The molecule has 0 saturated heterocycles. The molecule has 5 nitrogen and oxygen atoms in total. The van der Waals surface area contributed by atoms with Crippen molar-refractivity contribution in [1.82, 2.24) is 4.72 Å². The summed E-state index contributed by atoms with van der Waals surface area (Å²) in [5.74, 6) is 0.305. The quantitative estimate of drug-likeness (QED) is 0.722. The Kier molecular flexibility index (Phi) is 4.44. The number of rotatable bonds is 4. The summed E-state index contributed by atoms with van der Waals surface area (Å²) in [5, 5.41) is 9.41. The van der Waals surface area contributed by atoms with E-state index in [0.717, 1.165) is 25.7 Å². The van der Waals surface area contributed by atoms with E-state index in [1.165, 1.54) is 12.1 Å². The molecule has 0 radical (unpaired) electrons. The lowest BCUT2D eigenvalue weighted by molar-refractivity contribution is 0.109. The van der Waals surface area contributed by atoms with Crippen molar-refractivity contribution in [3.63, 3.8) is 0 Å². The maximum Gasteiger partial charge on any atom is 0.240 e. The van der Waals surface area contributed by atoms with Gasteiger partial charge in [-0.15, -0.1) is 0 Å². The van der Waals surface area contributed by atoms with Gasteiger partial charge < -0.3 is 10.8 Å². The average molecular weight is 284 g/mol. The first kappa shape index (κ1) is 14.3. The van der Waals surface area contributed by atoms with Crippen LogP contribution in [0.2, 0.25) is 0 Å². The van der Waals surface area contributed by atoms with Crippen LogP contribution in [-0.2, 0) is 10.0 Å². The fourth-order valence-electron chi connectivity index (χ4n) is 2.34. The largest absolute Gasteiger partial charge is 0.399 e. The smallest absolute Gasteiger partial charge is 0.240 e. The van der Waals surface area contributed by atoms with Crippen LogP contribution in [0.25, 0.3) is 0 Å². The van der Waals surface area contributed by atoms with Crippen LogP contribution >= 0.6 is 0 Å². The Morgan fingerprint density at radius 2 is 1.95 bits per heavy atom. The van der Waals surface area contributed by atoms with Crippen molar-refractivity contribution in [3.8, 4) is 0 Å². The predicted octanol–water partition coefficient (Wildman–Crippen LogP) is 1.10. The van der Waals surface area contributed by atoms with E-state index in [0.29, 0.717) is 18.2 Å². The lowest BCUT2D eigenvalue weighted by atomic mass is 9.88. The number of aliphatic hydroxyl groups is 1. The Morgan fingerprint density at radius 1 is 1.26 bits per heavy atom. The van der Waals surface area contributed by atoms with Gasteiger partial charge in [-0.3, -0.25) is 0 Å². The van der Waals surface area contributed by atoms with E-state index in [1.807, 2.05) is 0 Å². The molecule has 1 aromatic rings. The number of hydrogen-bond acceptors (Lipinski definition) is 4. The number of aliphatic hydroxyl groups excluding tert-OH is 1. The molecule has 6 heteroatoms. The van der Waals surface area contributed by atoms with E-state index in [-0.39, 0.29) is 11.0 Å². The van der Waals surface area contributed by atoms with Gasteiger partial charge in [0.2, 0.25) is 10.0 Å². The molecule has 0 atom stereocenters. The second-order valence-electron chi connectivity index (χ2n) is 5.10. The molecule has 0 spiro atoms. The molecule has 0 aromatic heterocycles. The van der Waals surface area contributed by atoms with E-state index < -0.39 is 10.0 Å². The van der Waals surface area contributed by atoms with Crippen LogP contribution in [0.5, 0.6) is 0 Å². The van der Waals surface area contributed by atoms with Crippen molar-refractivity contribution in [3.05, 3.63) is 24.3 Å². The van der Waals surface area contributed by atoms with Crippen molar-refractivity contribution in [2.45, 2.75) is 36.7 Å². The molecule has 0 amide bonds. The zero-order chi connectivity index (χ0) is 13.9. The number of nitrogens with two attached hydrogens (primary N) is 1. The summed E-state index contributed by atoms with van der Waals surface area (Å²) in [6, 6.07) is 6.26. The maximum absolute atomic E-state index is 12.1. The van der Waals surface area contributed by atoms with Crippen molar-refractivity contribution in [2.24, 2.45) is 5.92 Å². The summed E-state index contributed by atoms with van der Waals surface area (Å²) in [4.78, 5) is 0.198. The SMILES string of the molecule is Nc1cccc(S(=O)(=O)NCC2CCC(O)CC2)c1. The van der Waals surface area contributed by atoms with Crippen LogP contribution in [0.3, 0.4) is 0 Å². The molecule has 1 saturated carbocycles. The summed E-state index contributed by atoms with van der Waals surface area (Å²) in [5.41, 5.74) is 6.02. The molecular formula is C13H20N2O3S. The highest BCUT2D eigenvalue weighted by molar-refractivity contribution is 7.89. The zero-order valence-corrected chi connectivity index (χ0v) is 11.6. The maximum atomic E-state index is 12.1. The predicted molar refractivity (Wildman–Crippen MR) is 74.0 cm³/mol. The number of nitrogens with one attached hydrogen (secondary N) is 1. The van der Waals surface area contributed by atoms with Gasteiger partial charge in [0.15, 0.2) is 0 Å². The normalized spacial score (nSPS) is 24.3. The molecule has 4 N–H and O–H groups in total. The summed E-state index contributed by atoms with van der Waals surface area (Å²) >= 11 is 0. The van der Waals surface area contributed by atoms with Gasteiger partial charge in [0.1, 0.15) is 0 Å². The minimum Gasteiger partial charge on any atom is -0.399 e. The third-order valence-electron chi connectivity index (χ3n) is 3.55. The summed E-state index contributed by atoms with van der Waals surface area (Å²) < 4.78 is 26.8. The van der Waals surface area contributed by atoms with E-state index in [2.05, 4.69) is 4.72 Å². The molecule has 1 fully saturated rings. The summed E-state index contributed by atoms with van der Waals surface area (Å²) in [7, 11) is -3.49. The number of hydrogen-bond donors (Lipinski definition) is 3. The first-order valence-corrected chi connectivity index (χ1v) is 7.99. The Balaban J connectivity index is 1.95. The van der Waals surface area contributed by atoms with Gasteiger partial charge in [0, 0.05) is 12.2 Å². The highest BCUT2D eigenvalue weighted by atomic mass is 32.2. The number of nitrogen functional groups attached to an aromatic ring is 1. The number of sulfonamides is 1. The molecule has 19 heavy (non-hydrogen) atoms. The van der Waals surface area contributed by atoms with Crippen LogP contribution in [0.15, 0.2) is 29.2 Å². The number of anilines is 1. The van der Waals surface area contributed by atoms with Gasteiger partial charge in [-0.1, -0.05) is 6.07 Å². The second-order valence-corrected chi connectivity index (χ2v) is 6.87. The van der Waals surface area contributed by atoms with Crippen LogP contribution in [0.1, 0.15) is 25.7 Å². The van der Waals surface area contributed by atoms with Gasteiger partial charge in [-0.2, -0.15) is 0 Å². The van der Waals surface area contributed by atoms with Gasteiger partial charge in [-0.25, -0.2) is 13.1 Å². The molecule has 0 bridgehead atoms. The van der Waals surface area contributed by atoms with Gasteiger partial charge in [0.25, 0.3) is 0 Å².